The van der Waals surface area contributed by atoms with Gasteiger partial charge in [0.1, 0.15) is 0 Å². The van der Waals surface area contributed by atoms with Crippen molar-refractivity contribution < 1.29 is 9.53 Å². The molecule has 0 radical (unpaired) electrons. The van der Waals surface area contributed by atoms with Crippen LogP contribution in [0.1, 0.15) is 37.7 Å². The Kier molecular flexibility index (Phi) is 3.75. The van der Waals surface area contributed by atoms with Gasteiger partial charge in [-0.1, -0.05) is 13.8 Å². The predicted octanol–water partition coefficient (Wildman–Crippen LogP) is 1.60. The Morgan fingerprint density at radius 2 is 2.37 bits per heavy atom. The highest BCUT2D eigenvalue weighted by molar-refractivity contribution is 5.97. The van der Waals surface area contributed by atoms with Crippen molar-refractivity contribution in [1.29, 1.82) is 0 Å². The molecule has 1 fully saturated rings. The van der Waals surface area contributed by atoms with Crippen LogP contribution in [0, 0.1) is 5.41 Å². The van der Waals surface area contributed by atoms with E-state index in [0.29, 0.717) is 12.3 Å². The summed E-state index contributed by atoms with van der Waals surface area (Å²) in [5.74, 6) is -0.217. The molecule has 1 aromatic heterocycles. The first-order valence-electron chi connectivity index (χ1n) is 6.59. The van der Waals surface area contributed by atoms with E-state index in [1.807, 2.05) is 6.92 Å². The van der Waals surface area contributed by atoms with Gasteiger partial charge >= 0.3 is 0 Å². The SMILES string of the molecule is CCOC1CC(NC(=O)c2ncccc2N)C1(C)C. The molecule has 3 N–H and O–H groups in total. The minimum Gasteiger partial charge on any atom is -0.397 e. The van der Waals surface area contributed by atoms with E-state index in [1.165, 1.54) is 0 Å². The molecule has 1 saturated carbocycles. The molecular formula is C14H21N3O2. The highest BCUT2D eigenvalue weighted by Gasteiger charge is 2.49. The fourth-order valence-corrected chi connectivity index (χ4v) is 2.45. The second kappa shape index (κ2) is 5.17. The van der Waals surface area contributed by atoms with Gasteiger partial charge < -0.3 is 15.8 Å². The molecule has 1 aliphatic carbocycles. The monoisotopic (exact) mass is 263 g/mol. The first-order chi connectivity index (χ1) is 8.96. The lowest BCUT2D eigenvalue weighted by Crippen LogP contribution is -2.62. The van der Waals surface area contributed by atoms with Gasteiger partial charge in [0.25, 0.3) is 5.91 Å². The van der Waals surface area contributed by atoms with Gasteiger partial charge in [0.15, 0.2) is 5.69 Å². The quantitative estimate of drug-likeness (QED) is 0.865. The van der Waals surface area contributed by atoms with Crippen LogP contribution in [0.3, 0.4) is 0 Å². The lowest BCUT2D eigenvalue weighted by molar-refractivity contribution is -0.111. The zero-order valence-electron chi connectivity index (χ0n) is 11.6. The van der Waals surface area contributed by atoms with Gasteiger partial charge in [0.2, 0.25) is 0 Å². The number of rotatable bonds is 4. The highest BCUT2D eigenvalue weighted by Crippen LogP contribution is 2.42. The molecule has 104 valence electrons. The number of nitrogens with two attached hydrogens (primary N) is 1. The molecule has 5 heteroatoms. The van der Waals surface area contributed by atoms with Gasteiger partial charge in [-0.05, 0) is 25.5 Å². The topological polar surface area (TPSA) is 77.2 Å². The zero-order valence-corrected chi connectivity index (χ0v) is 11.6. The van der Waals surface area contributed by atoms with E-state index >= 15 is 0 Å². The standard InChI is InChI=1S/C14H21N3O2/c1-4-19-11-8-10(14(11,2)3)17-13(18)12-9(15)6-5-7-16-12/h5-7,10-11H,4,8,15H2,1-3H3,(H,17,18). The molecule has 5 nitrogen and oxygen atoms in total. The number of anilines is 1. The molecular weight excluding hydrogens is 242 g/mol. The second-order valence-electron chi connectivity index (χ2n) is 5.47. The van der Waals surface area contributed by atoms with Crippen molar-refractivity contribution in [2.45, 2.75) is 39.3 Å². The number of carbonyl (C=O) groups excluding carboxylic acids is 1. The Balaban J connectivity index is 2.00. The van der Waals surface area contributed by atoms with Crippen LogP contribution in [-0.4, -0.2) is 29.6 Å². The summed E-state index contributed by atoms with van der Waals surface area (Å²) in [5.41, 5.74) is 6.38. The Hall–Kier alpha value is -1.62. The molecule has 0 saturated heterocycles. The average molecular weight is 263 g/mol. The molecule has 2 rings (SSSR count). The summed E-state index contributed by atoms with van der Waals surface area (Å²) in [7, 11) is 0. The normalized spacial score (nSPS) is 24.6. The summed E-state index contributed by atoms with van der Waals surface area (Å²) in [6.45, 7) is 6.88. The number of nitrogen functional groups attached to an aromatic ring is 1. The fraction of sp³-hybridized carbons (Fsp3) is 0.571. The van der Waals surface area contributed by atoms with Crippen LogP contribution in [0.5, 0.6) is 0 Å². The third kappa shape index (κ3) is 2.56. The van der Waals surface area contributed by atoms with E-state index in [0.717, 1.165) is 6.42 Å². The maximum Gasteiger partial charge on any atom is 0.272 e. The zero-order chi connectivity index (χ0) is 14.0. The van der Waals surface area contributed by atoms with E-state index in [2.05, 4.69) is 24.1 Å². The van der Waals surface area contributed by atoms with Gasteiger partial charge in [-0.3, -0.25) is 4.79 Å². The number of pyridine rings is 1. The fourth-order valence-electron chi connectivity index (χ4n) is 2.45. The molecule has 1 aliphatic rings. The van der Waals surface area contributed by atoms with Crippen LogP contribution in [0.15, 0.2) is 18.3 Å². The maximum absolute atomic E-state index is 12.1. The molecule has 1 heterocycles. The first kappa shape index (κ1) is 13.8. The lowest BCUT2D eigenvalue weighted by Gasteiger charge is -2.51. The summed E-state index contributed by atoms with van der Waals surface area (Å²) < 4.78 is 5.64. The number of carbonyl (C=O) groups is 1. The van der Waals surface area contributed by atoms with Crippen molar-refractivity contribution >= 4 is 11.6 Å². The number of aromatic nitrogens is 1. The van der Waals surface area contributed by atoms with Crippen molar-refractivity contribution in [3.8, 4) is 0 Å². The third-order valence-electron chi connectivity index (χ3n) is 3.90. The predicted molar refractivity (Wildman–Crippen MR) is 73.7 cm³/mol. The van der Waals surface area contributed by atoms with E-state index in [4.69, 9.17) is 10.5 Å². The summed E-state index contributed by atoms with van der Waals surface area (Å²) in [6, 6.07) is 3.49. The third-order valence-corrected chi connectivity index (χ3v) is 3.90. The van der Waals surface area contributed by atoms with Crippen LogP contribution in [-0.2, 0) is 4.74 Å². The average Bonchev–Trinajstić information content (AvgIpc) is 2.38. The molecule has 2 unspecified atom stereocenters. The molecule has 0 aromatic carbocycles. The van der Waals surface area contributed by atoms with Gasteiger partial charge in [0, 0.05) is 24.3 Å². The molecule has 0 bridgehead atoms. The van der Waals surface area contributed by atoms with Gasteiger partial charge in [-0.25, -0.2) is 4.98 Å². The smallest absolute Gasteiger partial charge is 0.272 e. The Morgan fingerprint density at radius 3 is 2.95 bits per heavy atom. The highest BCUT2D eigenvalue weighted by atomic mass is 16.5. The molecule has 1 aromatic rings. The minimum absolute atomic E-state index is 0.0603. The summed E-state index contributed by atoms with van der Waals surface area (Å²) >= 11 is 0. The van der Waals surface area contributed by atoms with E-state index in [-0.39, 0.29) is 29.2 Å². The molecule has 0 aliphatic heterocycles. The Labute approximate surface area is 113 Å². The Morgan fingerprint density at radius 1 is 1.63 bits per heavy atom. The number of nitrogens with zero attached hydrogens (tertiary/aromatic N) is 1. The minimum atomic E-state index is -0.217. The molecule has 0 spiro atoms. The molecule has 2 atom stereocenters. The van der Waals surface area contributed by atoms with Crippen molar-refractivity contribution in [3.63, 3.8) is 0 Å². The van der Waals surface area contributed by atoms with Gasteiger partial charge in [-0.2, -0.15) is 0 Å². The number of hydrogen-bond donors (Lipinski definition) is 2. The summed E-state index contributed by atoms with van der Waals surface area (Å²) in [5, 5.41) is 2.99. The van der Waals surface area contributed by atoms with Crippen LogP contribution in [0.4, 0.5) is 5.69 Å². The van der Waals surface area contributed by atoms with Crippen LogP contribution >= 0.6 is 0 Å². The van der Waals surface area contributed by atoms with Crippen molar-refractivity contribution in [3.05, 3.63) is 24.0 Å². The summed E-state index contributed by atoms with van der Waals surface area (Å²) in [6.07, 6.45) is 2.60. The summed E-state index contributed by atoms with van der Waals surface area (Å²) in [4.78, 5) is 16.2. The van der Waals surface area contributed by atoms with E-state index in [9.17, 15) is 4.79 Å². The number of hydrogen-bond acceptors (Lipinski definition) is 4. The van der Waals surface area contributed by atoms with Crippen molar-refractivity contribution in [1.82, 2.24) is 10.3 Å². The molecule has 1 amide bonds. The van der Waals surface area contributed by atoms with Crippen LogP contribution in [0.2, 0.25) is 0 Å². The first-order valence-corrected chi connectivity index (χ1v) is 6.59. The second-order valence-corrected chi connectivity index (χ2v) is 5.47. The van der Waals surface area contributed by atoms with Crippen molar-refractivity contribution in [2.24, 2.45) is 5.41 Å². The number of ether oxygens (including phenoxy) is 1. The lowest BCUT2D eigenvalue weighted by atomic mass is 9.64. The van der Waals surface area contributed by atoms with E-state index in [1.54, 1.807) is 18.3 Å². The van der Waals surface area contributed by atoms with Crippen LogP contribution in [0.25, 0.3) is 0 Å². The maximum atomic E-state index is 12.1. The van der Waals surface area contributed by atoms with Gasteiger partial charge in [0.05, 0.1) is 11.8 Å². The number of amides is 1. The van der Waals surface area contributed by atoms with E-state index < -0.39 is 0 Å². The Bertz CT molecular complexity index is 474. The van der Waals surface area contributed by atoms with Crippen LogP contribution < -0.4 is 11.1 Å². The largest absolute Gasteiger partial charge is 0.397 e. The number of nitrogens with one attached hydrogen (secondary N) is 1. The molecule has 19 heavy (non-hydrogen) atoms. The van der Waals surface area contributed by atoms with Crippen molar-refractivity contribution in [2.75, 3.05) is 12.3 Å². The van der Waals surface area contributed by atoms with Gasteiger partial charge in [-0.15, -0.1) is 0 Å².